The Morgan fingerprint density at radius 2 is 1.81 bits per heavy atom. The van der Waals surface area contributed by atoms with Crippen molar-refractivity contribution in [3.05, 3.63) is 64.7 Å². The van der Waals surface area contributed by atoms with E-state index in [9.17, 15) is 9.59 Å². The van der Waals surface area contributed by atoms with Crippen LogP contribution in [0, 0.1) is 0 Å². The summed E-state index contributed by atoms with van der Waals surface area (Å²) in [5, 5.41) is 5.92. The van der Waals surface area contributed by atoms with Crippen molar-refractivity contribution in [1.29, 1.82) is 0 Å². The molecule has 138 valence electrons. The molecule has 0 radical (unpaired) electrons. The lowest BCUT2D eigenvalue weighted by Gasteiger charge is -2.21. The van der Waals surface area contributed by atoms with Crippen LogP contribution in [-0.4, -0.2) is 29.9 Å². The molecule has 7 heteroatoms. The first kappa shape index (κ1) is 19.6. The second-order valence-electron chi connectivity index (χ2n) is 5.82. The summed E-state index contributed by atoms with van der Waals surface area (Å²) in [5.74, 6) is -0.157. The zero-order valence-corrected chi connectivity index (χ0v) is 15.4. The summed E-state index contributed by atoms with van der Waals surface area (Å²) in [6.07, 6.45) is 0. The number of urea groups is 1. The van der Waals surface area contributed by atoms with E-state index in [1.807, 2.05) is 37.3 Å². The van der Waals surface area contributed by atoms with Gasteiger partial charge in [0, 0.05) is 30.3 Å². The molecule has 0 spiro atoms. The lowest BCUT2D eigenvalue weighted by atomic mass is 10.2. The third kappa shape index (κ3) is 6.29. The van der Waals surface area contributed by atoms with Crippen molar-refractivity contribution < 1.29 is 9.59 Å². The van der Waals surface area contributed by atoms with Gasteiger partial charge >= 0.3 is 6.03 Å². The number of nitrogen functional groups attached to an aromatic ring is 1. The highest BCUT2D eigenvalue weighted by Crippen LogP contribution is 2.12. The van der Waals surface area contributed by atoms with Crippen LogP contribution in [0.25, 0.3) is 0 Å². The molecular weight excluding hydrogens is 352 g/mol. The number of anilines is 1. The van der Waals surface area contributed by atoms with Crippen LogP contribution < -0.4 is 16.4 Å². The Balaban J connectivity index is 1.78. The monoisotopic (exact) mass is 374 g/mol. The molecule has 2 aromatic rings. The molecule has 3 amide bonds. The van der Waals surface area contributed by atoms with E-state index in [2.05, 4.69) is 10.6 Å². The molecule has 2 aromatic carbocycles. The maximum Gasteiger partial charge on any atom is 0.315 e. The van der Waals surface area contributed by atoms with Gasteiger partial charge in [-0.05, 0) is 42.3 Å². The maximum atomic E-state index is 12.3. The topological polar surface area (TPSA) is 87.5 Å². The number of benzene rings is 2. The lowest BCUT2D eigenvalue weighted by Crippen LogP contribution is -2.43. The number of nitrogens with zero attached hydrogens (tertiary/aromatic N) is 1. The van der Waals surface area contributed by atoms with E-state index < -0.39 is 6.03 Å². The van der Waals surface area contributed by atoms with Crippen molar-refractivity contribution in [2.24, 2.45) is 0 Å². The molecule has 0 aromatic heterocycles. The second-order valence-corrected chi connectivity index (χ2v) is 6.25. The number of nitrogens with two attached hydrogens (primary N) is 1. The first-order valence-corrected chi connectivity index (χ1v) is 8.74. The highest BCUT2D eigenvalue weighted by atomic mass is 35.5. The van der Waals surface area contributed by atoms with Gasteiger partial charge in [0.05, 0.1) is 6.54 Å². The Hall–Kier alpha value is -2.73. The van der Waals surface area contributed by atoms with Gasteiger partial charge in [-0.25, -0.2) is 4.79 Å². The SMILES string of the molecule is CCN(Cc1cccc(Cl)c1)C(=O)CNC(=O)NCc1ccc(N)cc1. The maximum absolute atomic E-state index is 12.3. The summed E-state index contributed by atoms with van der Waals surface area (Å²) in [5.41, 5.74) is 8.16. The Bertz CT molecular complexity index is 749. The van der Waals surface area contributed by atoms with Gasteiger partial charge < -0.3 is 21.3 Å². The molecule has 0 aliphatic carbocycles. The highest BCUT2D eigenvalue weighted by Gasteiger charge is 2.13. The summed E-state index contributed by atoms with van der Waals surface area (Å²) in [7, 11) is 0. The van der Waals surface area contributed by atoms with Crippen LogP contribution in [0.15, 0.2) is 48.5 Å². The highest BCUT2D eigenvalue weighted by molar-refractivity contribution is 6.30. The third-order valence-corrected chi connectivity index (χ3v) is 4.06. The predicted octanol–water partition coefficient (Wildman–Crippen LogP) is 2.77. The van der Waals surface area contributed by atoms with Gasteiger partial charge in [-0.2, -0.15) is 0 Å². The number of halogens is 1. The average molecular weight is 375 g/mol. The fourth-order valence-electron chi connectivity index (χ4n) is 2.38. The normalized spacial score (nSPS) is 10.2. The molecular formula is C19H23ClN4O2. The van der Waals surface area contributed by atoms with Crippen molar-refractivity contribution in [2.45, 2.75) is 20.0 Å². The van der Waals surface area contributed by atoms with Crippen LogP contribution in [0.5, 0.6) is 0 Å². The molecule has 2 rings (SSSR count). The van der Waals surface area contributed by atoms with Crippen molar-refractivity contribution in [3.63, 3.8) is 0 Å². The summed E-state index contributed by atoms with van der Waals surface area (Å²) < 4.78 is 0. The van der Waals surface area contributed by atoms with E-state index in [1.54, 1.807) is 23.1 Å². The number of amides is 3. The van der Waals surface area contributed by atoms with Crippen LogP contribution in [0.4, 0.5) is 10.5 Å². The number of carbonyl (C=O) groups excluding carboxylic acids is 2. The molecule has 6 nitrogen and oxygen atoms in total. The van der Waals surface area contributed by atoms with Crippen molar-refractivity contribution >= 4 is 29.2 Å². The summed E-state index contributed by atoms with van der Waals surface area (Å²) >= 11 is 5.97. The van der Waals surface area contributed by atoms with E-state index in [4.69, 9.17) is 17.3 Å². The van der Waals surface area contributed by atoms with Crippen molar-refractivity contribution in [1.82, 2.24) is 15.5 Å². The molecule has 0 saturated carbocycles. The van der Waals surface area contributed by atoms with Crippen LogP contribution in [-0.2, 0) is 17.9 Å². The molecule has 0 atom stereocenters. The Labute approximate surface area is 158 Å². The number of likely N-dealkylation sites (N-methyl/N-ethyl adjacent to an activating group) is 1. The number of hydrogen-bond acceptors (Lipinski definition) is 3. The summed E-state index contributed by atoms with van der Waals surface area (Å²) in [6.45, 7) is 3.18. The van der Waals surface area contributed by atoms with Crippen LogP contribution >= 0.6 is 11.6 Å². The minimum absolute atomic E-state index is 0.0675. The van der Waals surface area contributed by atoms with Gasteiger partial charge in [0.15, 0.2) is 0 Å². The molecule has 26 heavy (non-hydrogen) atoms. The van der Waals surface area contributed by atoms with Gasteiger partial charge in [0.2, 0.25) is 5.91 Å². The number of hydrogen-bond donors (Lipinski definition) is 3. The van der Waals surface area contributed by atoms with E-state index in [0.717, 1.165) is 11.1 Å². The quantitative estimate of drug-likeness (QED) is 0.651. The standard InChI is InChI=1S/C19H23ClN4O2/c1-2-24(13-15-4-3-5-16(20)10-15)18(25)12-23-19(26)22-11-14-6-8-17(21)9-7-14/h3-10H,2,11-13,21H2,1H3,(H2,22,23,26). The van der Waals surface area contributed by atoms with Gasteiger partial charge in [-0.15, -0.1) is 0 Å². The molecule has 0 saturated heterocycles. The van der Waals surface area contributed by atoms with Gasteiger partial charge in [-0.1, -0.05) is 35.9 Å². The van der Waals surface area contributed by atoms with Crippen LogP contribution in [0.3, 0.4) is 0 Å². The predicted molar refractivity (Wildman–Crippen MR) is 104 cm³/mol. The molecule has 0 aliphatic rings. The van der Waals surface area contributed by atoms with Gasteiger partial charge in [0.1, 0.15) is 0 Å². The third-order valence-electron chi connectivity index (χ3n) is 3.83. The van der Waals surface area contributed by atoms with E-state index in [1.165, 1.54) is 0 Å². The number of carbonyl (C=O) groups is 2. The van der Waals surface area contributed by atoms with E-state index in [0.29, 0.717) is 30.3 Å². The zero-order chi connectivity index (χ0) is 18.9. The fraction of sp³-hybridized carbons (Fsp3) is 0.263. The zero-order valence-electron chi connectivity index (χ0n) is 14.7. The summed E-state index contributed by atoms with van der Waals surface area (Å²) in [6, 6.07) is 14.2. The largest absolute Gasteiger partial charge is 0.399 e. The molecule has 4 N–H and O–H groups in total. The smallest absolute Gasteiger partial charge is 0.315 e. The number of nitrogens with one attached hydrogen (secondary N) is 2. The molecule has 0 unspecified atom stereocenters. The second kappa shape index (κ2) is 9.68. The first-order valence-electron chi connectivity index (χ1n) is 8.36. The minimum Gasteiger partial charge on any atom is -0.399 e. The van der Waals surface area contributed by atoms with E-state index >= 15 is 0 Å². The Kier molecular flexibility index (Phi) is 7.29. The fourth-order valence-corrected chi connectivity index (χ4v) is 2.59. The average Bonchev–Trinajstić information content (AvgIpc) is 2.63. The van der Waals surface area contributed by atoms with Gasteiger partial charge in [0.25, 0.3) is 0 Å². The lowest BCUT2D eigenvalue weighted by molar-refractivity contribution is -0.130. The van der Waals surface area contributed by atoms with Crippen LogP contribution in [0.1, 0.15) is 18.1 Å². The van der Waals surface area contributed by atoms with Crippen molar-refractivity contribution in [3.8, 4) is 0 Å². The first-order chi connectivity index (χ1) is 12.5. The molecule has 0 bridgehead atoms. The minimum atomic E-state index is -0.394. The van der Waals surface area contributed by atoms with Crippen LogP contribution in [0.2, 0.25) is 5.02 Å². The van der Waals surface area contributed by atoms with Crippen molar-refractivity contribution in [2.75, 3.05) is 18.8 Å². The van der Waals surface area contributed by atoms with Gasteiger partial charge in [-0.3, -0.25) is 4.79 Å². The summed E-state index contributed by atoms with van der Waals surface area (Å²) in [4.78, 5) is 25.8. The molecule has 0 heterocycles. The Morgan fingerprint density at radius 1 is 1.08 bits per heavy atom. The van der Waals surface area contributed by atoms with E-state index in [-0.39, 0.29) is 12.5 Å². The Morgan fingerprint density at radius 3 is 2.46 bits per heavy atom. The number of rotatable bonds is 7. The molecule has 0 aliphatic heterocycles. The molecule has 0 fully saturated rings.